The van der Waals surface area contributed by atoms with Gasteiger partial charge in [-0.3, -0.25) is 14.0 Å². The minimum Gasteiger partial charge on any atom is -0.298 e. The minimum absolute atomic E-state index is 0.560. The SMILES string of the molecule is Cc1cn(-c2nn(C)cc2C=O)cn1. The normalized spacial score (nSPS) is 10.4. The second-order valence-electron chi connectivity index (χ2n) is 3.12. The molecule has 0 saturated carbocycles. The van der Waals surface area contributed by atoms with Crippen LogP contribution in [-0.2, 0) is 7.05 Å². The summed E-state index contributed by atoms with van der Waals surface area (Å²) in [5.74, 6) is 0.614. The van der Waals surface area contributed by atoms with E-state index in [9.17, 15) is 4.79 Å². The summed E-state index contributed by atoms with van der Waals surface area (Å²) in [4.78, 5) is 14.8. The van der Waals surface area contributed by atoms with Crippen molar-refractivity contribution in [2.75, 3.05) is 0 Å². The first-order valence-electron chi connectivity index (χ1n) is 4.20. The van der Waals surface area contributed by atoms with Gasteiger partial charge in [0.2, 0.25) is 0 Å². The molecule has 5 nitrogen and oxygen atoms in total. The summed E-state index contributed by atoms with van der Waals surface area (Å²) in [7, 11) is 1.78. The van der Waals surface area contributed by atoms with Gasteiger partial charge in [0, 0.05) is 19.4 Å². The van der Waals surface area contributed by atoms with E-state index in [2.05, 4.69) is 10.1 Å². The third-order valence-corrected chi connectivity index (χ3v) is 1.92. The van der Waals surface area contributed by atoms with Gasteiger partial charge in [0.25, 0.3) is 0 Å². The first kappa shape index (κ1) is 8.68. The molecule has 0 N–H and O–H groups in total. The van der Waals surface area contributed by atoms with Crippen LogP contribution in [0.3, 0.4) is 0 Å². The topological polar surface area (TPSA) is 52.7 Å². The predicted molar refractivity (Wildman–Crippen MR) is 50.5 cm³/mol. The lowest BCUT2D eigenvalue weighted by Crippen LogP contribution is -1.96. The summed E-state index contributed by atoms with van der Waals surface area (Å²) >= 11 is 0. The number of hydrogen-bond donors (Lipinski definition) is 0. The number of aromatic nitrogens is 4. The number of carbonyl (C=O) groups is 1. The predicted octanol–water partition coefficient (Wildman–Crippen LogP) is 0.727. The summed E-state index contributed by atoms with van der Waals surface area (Å²) < 4.78 is 3.34. The molecule has 2 rings (SSSR count). The zero-order valence-corrected chi connectivity index (χ0v) is 8.01. The molecule has 5 heteroatoms. The molecule has 72 valence electrons. The van der Waals surface area contributed by atoms with Gasteiger partial charge in [-0.2, -0.15) is 5.10 Å². The summed E-state index contributed by atoms with van der Waals surface area (Å²) in [5.41, 5.74) is 1.46. The molecule has 0 aliphatic heterocycles. The lowest BCUT2D eigenvalue weighted by atomic mass is 10.3. The fourth-order valence-corrected chi connectivity index (χ4v) is 1.32. The second kappa shape index (κ2) is 3.10. The maximum absolute atomic E-state index is 10.7. The van der Waals surface area contributed by atoms with Crippen LogP contribution in [0.5, 0.6) is 0 Å². The van der Waals surface area contributed by atoms with Crippen molar-refractivity contribution in [1.29, 1.82) is 0 Å². The zero-order valence-electron chi connectivity index (χ0n) is 8.01. The Kier molecular flexibility index (Phi) is 1.92. The van der Waals surface area contributed by atoms with Crippen LogP contribution in [0.1, 0.15) is 16.1 Å². The molecule has 0 aromatic carbocycles. The minimum atomic E-state index is 0.560. The van der Waals surface area contributed by atoms with Gasteiger partial charge >= 0.3 is 0 Å². The van der Waals surface area contributed by atoms with Crippen LogP contribution in [-0.4, -0.2) is 25.6 Å². The molecule has 14 heavy (non-hydrogen) atoms. The quantitative estimate of drug-likeness (QED) is 0.656. The maximum atomic E-state index is 10.7. The third-order valence-electron chi connectivity index (χ3n) is 1.92. The van der Waals surface area contributed by atoms with E-state index in [4.69, 9.17) is 0 Å². The summed E-state index contributed by atoms with van der Waals surface area (Å²) in [5, 5.41) is 4.17. The van der Waals surface area contributed by atoms with E-state index >= 15 is 0 Å². The van der Waals surface area contributed by atoms with Crippen molar-refractivity contribution in [3.8, 4) is 5.82 Å². The fourth-order valence-electron chi connectivity index (χ4n) is 1.32. The summed E-state index contributed by atoms with van der Waals surface area (Å²) in [6.45, 7) is 1.89. The zero-order chi connectivity index (χ0) is 10.1. The van der Waals surface area contributed by atoms with Gasteiger partial charge < -0.3 is 0 Å². The molecule has 0 radical (unpaired) electrons. The molecule has 0 spiro atoms. The van der Waals surface area contributed by atoms with Crippen molar-refractivity contribution in [2.45, 2.75) is 6.92 Å². The Balaban J connectivity index is 2.55. The van der Waals surface area contributed by atoms with E-state index in [1.54, 1.807) is 28.8 Å². The van der Waals surface area contributed by atoms with Gasteiger partial charge in [-0.05, 0) is 6.92 Å². The number of hydrogen-bond acceptors (Lipinski definition) is 3. The van der Waals surface area contributed by atoms with Crippen molar-refractivity contribution in [3.63, 3.8) is 0 Å². The average Bonchev–Trinajstić information content (AvgIpc) is 2.71. The molecule has 0 bridgehead atoms. The average molecular weight is 190 g/mol. The molecule has 2 aromatic heterocycles. The van der Waals surface area contributed by atoms with E-state index in [1.807, 2.05) is 13.1 Å². The summed E-state index contributed by atoms with van der Waals surface area (Å²) in [6.07, 6.45) is 5.94. The van der Waals surface area contributed by atoms with Crippen molar-refractivity contribution in [3.05, 3.63) is 30.0 Å². The lowest BCUT2D eigenvalue weighted by molar-refractivity contribution is 0.112. The fraction of sp³-hybridized carbons (Fsp3) is 0.222. The van der Waals surface area contributed by atoms with Crippen LogP contribution in [0.4, 0.5) is 0 Å². The van der Waals surface area contributed by atoms with E-state index < -0.39 is 0 Å². The molecule has 0 saturated heterocycles. The molecule has 0 aliphatic rings. The highest BCUT2D eigenvalue weighted by molar-refractivity contribution is 5.79. The van der Waals surface area contributed by atoms with Gasteiger partial charge in [-0.25, -0.2) is 4.98 Å². The lowest BCUT2D eigenvalue weighted by Gasteiger charge is -1.95. The highest BCUT2D eigenvalue weighted by Gasteiger charge is 2.08. The van der Waals surface area contributed by atoms with Gasteiger partial charge in [-0.1, -0.05) is 0 Å². The highest BCUT2D eigenvalue weighted by Crippen LogP contribution is 2.10. The summed E-state index contributed by atoms with van der Waals surface area (Å²) in [6, 6.07) is 0. The van der Waals surface area contributed by atoms with Crippen LogP contribution in [0.25, 0.3) is 5.82 Å². The largest absolute Gasteiger partial charge is 0.298 e. The molecule has 0 amide bonds. The van der Waals surface area contributed by atoms with E-state index in [0.717, 1.165) is 12.0 Å². The van der Waals surface area contributed by atoms with Crippen LogP contribution in [0, 0.1) is 6.92 Å². The van der Waals surface area contributed by atoms with Crippen LogP contribution in [0.15, 0.2) is 18.7 Å². The van der Waals surface area contributed by atoms with Crippen LogP contribution >= 0.6 is 0 Å². The van der Waals surface area contributed by atoms with Gasteiger partial charge in [0.15, 0.2) is 12.1 Å². The monoisotopic (exact) mass is 190 g/mol. The Bertz CT molecular complexity index is 469. The van der Waals surface area contributed by atoms with Crippen molar-refractivity contribution in [2.24, 2.45) is 7.05 Å². The molecule has 2 heterocycles. The highest BCUT2D eigenvalue weighted by atomic mass is 16.1. The molecule has 0 aliphatic carbocycles. The molecule has 0 unspecified atom stereocenters. The number of aldehydes is 1. The van der Waals surface area contributed by atoms with E-state index in [1.165, 1.54) is 0 Å². The Labute approximate surface area is 81.0 Å². The van der Waals surface area contributed by atoms with Gasteiger partial charge in [0.05, 0.1) is 11.3 Å². The molecular formula is C9H10N4O. The first-order chi connectivity index (χ1) is 6.70. The standard InChI is InChI=1S/C9H10N4O/c1-7-3-13(6-10-7)9-8(5-14)4-12(2)11-9/h3-6H,1-2H3. The molecular weight excluding hydrogens is 180 g/mol. The second-order valence-corrected chi connectivity index (χ2v) is 3.12. The van der Waals surface area contributed by atoms with Gasteiger partial charge in [0.1, 0.15) is 6.33 Å². The Hall–Kier alpha value is -1.91. The number of aryl methyl sites for hydroxylation is 2. The van der Waals surface area contributed by atoms with Crippen LogP contribution < -0.4 is 0 Å². The molecule has 2 aromatic rings. The molecule has 0 atom stereocenters. The first-order valence-corrected chi connectivity index (χ1v) is 4.20. The van der Waals surface area contributed by atoms with E-state index in [-0.39, 0.29) is 0 Å². The molecule has 0 fully saturated rings. The van der Waals surface area contributed by atoms with Gasteiger partial charge in [-0.15, -0.1) is 0 Å². The Morgan fingerprint density at radius 2 is 2.21 bits per heavy atom. The number of carbonyl (C=O) groups excluding carboxylic acids is 1. The smallest absolute Gasteiger partial charge is 0.170 e. The van der Waals surface area contributed by atoms with Crippen molar-refractivity contribution >= 4 is 6.29 Å². The van der Waals surface area contributed by atoms with Crippen molar-refractivity contribution in [1.82, 2.24) is 19.3 Å². The Morgan fingerprint density at radius 1 is 1.43 bits per heavy atom. The Morgan fingerprint density at radius 3 is 2.79 bits per heavy atom. The third kappa shape index (κ3) is 1.32. The van der Waals surface area contributed by atoms with Crippen LogP contribution in [0.2, 0.25) is 0 Å². The number of nitrogens with zero attached hydrogens (tertiary/aromatic N) is 4. The number of imidazole rings is 1. The van der Waals surface area contributed by atoms with Crippen molar-refractivity contribution < 1.29 is 4.79 Å². The maximum Gasteiger partial charge on any atom is 0.170 e. The van der Waals surface area contributed by atoms with E-state index in [0.29, 0.717) is 11.4 Å². The number of rotatable bonds is 2.